The first-order valence-electron chi connectivity index (χ1n) is 4.11. The van der Waals surface area contributed by atoms with E-state index in [2.05, 4.69) is 11.2 Å². The fraction of sp³-hybridized carbons (Fsp3) is 0.273. The third-order valence-electron chi connectivity index (χ3n) is 1.32. The standard InChI is InChI=1S/C9H9N.C2H6/c1-3-8-5-4-6-9(7-8)10-2;1-2/h1,4-7,10H,2H3;1-2H3. The first-order chi connectivity index (χ1) is 5.86. The average Bonchev–Trinajstić information content (AvgIpc) is 2.21. The molecule has 0 aliphatic carbocycles. The molecule has 1 rings (SSSR count). The van der Waals surface area contributed by atoms with Crippen molar-refractivity contribution in [2.75, 3.05) is 12.4 Å². The van der Waals surface area contributed by atoms with Crippen molar-refractivity contribution in [2.24, 2.45) is 0 Å². The van der Waals surface area contributed by atoms with Gasteiger partial charge in [0, 0.05) is 18.3 Å². The summed E-state index contributed by atoms with van der Waals surface area (Å²) in [5, 5.41) is 3.01. The topological polar surface area (TPSA) is 12.0 Å². The van der Waals surface area contributed by atoms with Crippen LogP contribution < -0.4 is 5.32 Å². The Kier molecular flexibility index (Phi) is 5.55. The summed E-state index contributed by atoms with van der Waals surface area (Å²) in [7, 11) is 1.87. The van der Waals surface area contributed by atoms with Crippen LogP contribution in [0.25, 0.3) is 0 Å². The second-order valence-electron chi connectivity index (χ2n) is 1.98. The van der Waals surface area contributed by atoms with Crippen molar-refractivity contribution in [2.45, 2.75) is 13.8 Å². The Morgan fingerprint density at radius 2 is 2.00 bits per heavy atom. The maximum atomic E-state index is 5.20. The van der Waals surface area contributed by atoms with Crippen molar-refractivity contribution < 1.29 is 0 Å². The maximum absolute atomic E-state index is 5.20. The Labute approximate surface area is 74.8 Å². The molecule has 0 atom stereocenters. The number of anilines is 1. The molecule has 0 bridgehead atoms. The molecule has 0 saturated carbocycles. The van der Waals surface area contributed by atoms with E-state index in [1.807, 2.05) is 45.2 Å². The van der Waals surface area contributed by atoms with E-state index in [9.17, 15) is 0 Å². The van der Waals surface area contributed by atoms with Crippen LogP contribution in [0.15, 0.2) is 24.3 Å². The first-order valence-corrected chi connectivity index (χ1v) is 4.11. The normalized spacial score (nSPS) is 7.50. The number of terminal acetylenes is 1. The zero-order valence-electron chi connectivity index (χ0n) is 7.89. The van der Waals surface area contributed by atoms with Crippen LogP contribution in [-0.4, -0.2) is 7.05 Å². The highest BCUT2D eigenvalue weighted by Crippen LogP contribution is 2.07. The summed E-state index contributed by atoms with van der Waals surface area (Å²) in [6.07, 6.45) is 5.20. The Hall–Kier alpha value is -1.42. The van der Waals surface area contributed by atoms with E-state index in [0.717, 1.165) is 11.3 Å². The molecule has 0 amide bonds. The lowest BCUT2D eigenvalue weighted by Gasteiger charge is -1.97. The molecule has 0 spiro atoms. The van der Waals surface area contributed by atoms with E-state index in [0.29, 0.717) is 0 Å². The van der Waals surface area contributed by atoms with Gasteiger partial charge in [-0.2, -0.15) is 0 Å². The van der Waals surface area contributed by atoms with Crippen LogP contribution in [0.1, 0.15) is 19.4 Å². The van der Waals surface area contributed by atoms with Crippen LogP contribution in [-0.2, 0) is 0 Å². The Morgan fingerprint density at radius 3 is 2.50 bits per heavy atom. The molecule has 1 aromatic rings. The van der Waals surface area contributed by atoms with Gasteiger partial charge in [-0.25, -0.2) is 0 Å². The molecule has 64 valence electrons. The van der Waals surface area contributed by atoms with Gasteiger partial charge >= 0.3 is 0 Å². The minimum Gasteiger partial charge on any atom is -0.388 e. The minimum atomic E-state index is 0.909. The zero-order valence-corrected chi connectivity index (χ0v) is 7.89. The summed E-state index contributed by atoms with van der Waals surface area (Å²) in [5.74, 6) is 2.56. The quantitative estimate of drug-likeness (QED) is 0.624. The number of hydrogen-bond acceptors (Lipinski definition) is 1. The molecule has 0 saturated heterocycles. The SMILES string of the molecule is C#Cc1cccc(NC)c1.CC. The zero-order chi connectivity index (χ0) is 9.40. The van der Waals surface area contributed by atoms with Crippen molar-refractivity contribution in [3.8, 4) is 12.3 Å². The molecule has 0 radical (unpaired) electrons. The molecule has 1 aromatic carbocycles. The summed E-state index contributed by atoms with van der Waals surface area (Å²) in [6, 6.07) is 7.74. The molecule has 0 heterocycles. The van der Waals surface area contributed by atoms with Gasteiger partial charge in [-0.15, -0.1) is 6.42 Å². The molecule has 0 aliphatic rings. The molecule has 0 aromatic heterocycles. The summed E-state index contributed by atoms with van der Waals surface area (Å²) in [6.45, 7) is 4.00. The van der Waals surface area contributed by atoms with Crippen molar-refractivity contribution in [3.05, 3.63) is 29.8 Å². The van der Waals surface area contributed by atoms with E-state index < -0.39 is 0 Å². The molecular formula is C11H15N. The van der Waals surface area contributed by atoms with Gasteiger partial charge in [-0.05, 0) is 18.2 Å². The lowest BCUT2D eigenvalue weighted by atomic mass is 10.2. The summed E-state index contributed by atoms with van der Waals surface area (Å²) in [4.78, 5) is 0. The van der Waals surface area contributed by atoms with Crippen LogP contribution in [0, 0.1) is 12.3 Å². The van der Waals surface area contributed by atoms with Crippen LogP contribution >= 0.6 is 0 Å². The molecule has 1 N–H and O–H groups in total. The van der Waals surface area contributed by atoms with E-state index >= 15 is 0 Å². The number of hydrogen-bond donors (Lipinski definition) is 1. The first kappa shape index (κ1) is 10.6. The summed E-state index contributed by atoms with van der Waals surface area (Å²) >= 11 is 0. The van der Waals surface area contributed by atoms with E-state index in [-0.39, 0.29) is 0 Å². The molecular weight excluding hydrogens is 146 g/mol. The Morgan fingerprint density at radius 1 is 1.33 bits per heavy atom. The fourth-order valence-electron chi connectivity index (χ4n) is 0.764. The molecule has 1 nitrogen and oxygen atoms in total. The third-order valence-corrected chi connectivity index (χ3v) is 1.32. The average molecular weight is 161 g/mol. The molecule has 1 heteroatoms. The Balaban J connectivity index is 0.000000561. The second kappa shape index (κ2) is 6.30. The van der Waals surface area contributed by atoms with Crippen LogP contribution in [0.4, 0.5) is 5.69 Å². The Bertz CT molecular complexity index is 258. The van der Waals surface area contributed by atoms with Crippen molar-refractivity contribution >= 4 is 5.69 Å². The van der Waals surface area contributed by atoms with Gasteiger partial charge in [0.25, 0.3) is 0 Å². The third kappa shape index (κ3) is 3.12. The van der Waals surface area contributed by atoms with E-state index in [1.165, 1.54) is 0 Å². The lowest BCUT2D eigenvalue weighted by molar-refractivity contribution is 1.50. The highest BCUT2D eigenvalue weighted by Gasteiger charge is 1.87. The molecule has 0 aliphatic heterocycles. The highest BCUT2D eigenvalue weighted by atomic mass is 14.8. The largest absolute Gasteiger partial charge is 0.388 e. The predicted molar refractivity (Wildman–Crippen MR) is 55.3 cm³/mol. The van der Waals surface area contributed by atoms with Crippen LogP contribution in [0.3, 0.4) is 0 Å². The van der Waals surface area contributed by atoms with Crippen molar-refractivity contribution in [1.29, 1.82) is 0 Å². The van der Waals surface area contributed by atoms with Gasteiger partial charge in [0.05, 0.1) is 0 Å². The van der Waals surface area contributed by atoms with E-state index in [1.54, 1.807) is 0 Å². The summed E-state index contributed by atoms with van der Waals surface area (Å²) in [5.41, 5.74) is 1.96. The number of rotatable bonds is 1. The number of nitrogens with one attached hydrogen (secondary N) is 1. The van der Waals surface area contributed by atoms with Gasteiger partial charge in [0.2, 0.25) is 0 Å². The predicted octanol–water partition coefficient (Wildman–Crippen LogP) is 2.74. The molecule has 0 unspecified atom stereocenters. The minimum absolute atomic E-state index is 0.909. The van der Waals surface area contributed by atoms with Gasteiger partial charge in [-0.1, -0.05) is 25.8 Å². The number of benzene rings is 1. The van der Waals surface area contributed by atoms with Gasteiger partial charge < -0.3 is 5.32 Å². The smallest absolute Gasteiger partial charge is 0.0350 e. The van der Waals surface area contributed by atoms with Crippen LogP contribution in [0.5, 0.6) is 0 Å². The highest BCUT2D eigenvalue weighted by molar-refractivity contribution is 5.49. The van der Waals surface area contributed by atoms with Gasteiger partial charge in [-0.3, -0.25) is 0 Å². The fourth-order valence-corrected chi connectivity index (χ4v) is 0.764. The molecule has 12 heavy (non-hydrogen) atoms. The molecule has 0 fully saturated rings. The monoisotopic (exact) mass is 161 g/mol. The van der Waals surface area contributed by atoms with E-state index in [4.69, 9.17) is 6.42 Å². The summed E-state index contributed by atoms with van der Waals surface area (Å²) < 4.78 is 0. The maximum Gasteiger partial charge on any atom is 0.0350 e. The van der Waals surface area contributed by atoms with Gasteiger partial charge in [0.15, 0.2) is 0 Å². The lowest BCUT2D eigenvalue weighted by Crippen LogP contribution is -1.87. The van der Waals surface area contributed by atoms with Crippen LogP contribution in [0.2, 0.25) is 0 Å². The van der Waals surface area contributed by atoms with Gasteiger partial charge in [0.1, 0.15) is 0 Å². The van der Waals surface area contributed by atoms with Crippen molar-refractivity contribution in [1.82, 2.24) is 0 Å². The second-order valence-corrected chi connectivity index (χ2v) is 1.98. The van der Waals surface area contributed by atoms with Crippen molar-refractivity contribution in [3.63, 3.8) is 0 Å².